The third-order valence-electron chi connectivity index (χ3n) is 5.91. The minimum atomic E-state index is 0.00702. The molecule has 1 saturated carbocycles. The molecular formula is C21H27ClN4OS. The summed E-state index contributed by atoms with van der Waals surface area (Å²) < 4.78 is 0. The first kappa shape index (κ1) is 19.6. The van der Waals surface area contributed by atoms with Crippen molar-refractivity contribution in [3.05, 3.63) is 44.9 Å². The molecular weight excluding hydrogens is 392 g/mol. The van der Waals surface area contributed by atoms with Crippen molar-refractivity contribution in [2.24, 2.45) is 5.92 Å². The van der Waals surface area contributed by atoms with Crippen LogP contribution >= 0.6 is 22.9 Å². The van der Waals surface area contributed by atoms with E-state index < -0.39 is 0 Å². The number of halogens is 1. The lowest BCUT2D eigenvalue weighted by Gasteiger charge is -2.31. The number of carbonyl (C=O) groups is 1. The van der Waals surface area contributed by atoms with Crippen molar-refractivity contribution in [1.82, 2.24) is 20.4 Å². The molecule has 2 amide bonds. The normalized spacial score (nSPS) is 18.5. The second kappa shape index (κ2) is 9.23. The van der Waals surface area contributed by atoms with Gasteiger partial charge in [0, 0.05) is 37.0 Å². The number of urea groups is 1. The molecule has 0 unspecified atom stereocenters. The molecule has 0 spiro atoms. The van der Waals surface area contributed by atoms with Gasteiger partial charge >= 0.3 is 6.03 Å². The van der Waals surface area contributed by atoms with Gasteiger partial charge < -0.3 is 10.2 Å². The molecule has 0 atom stereocenters. The predicted octanol–water partition coefficient (Wildman–Crippen LogP) is 5.01. The maximum absolute atomic E-state index is 12.4. The van der Waals surface area contributed by atoms with Crippen molar-refractivity contribution in [2.45, 2.75) is 57.4 Å². The van der Waals surface area contributed by atoms with Crippen LogP contribution in [0.15, 0.2) is 24.3 Å². The maximum Gasteiger partial charge on any atom is 0.317 e. The van der Waals surface area contributed by atoms with Gasteiger partial charge in [-0.1, -0.05) is 49.4 Å². The fourth-order valence-electron chi connectivity index (χ4n) is 4.20. The summed E-state index contributed by atoms with van der Waals surface area (Å²) in [5, 5.41) is 15.0. The van der Waals surface area contributed by atoms with Crippen LogP contribution in [0.1, 0.15) is 60.0 Å². The Morgan fingerprint density at radius 3 is 2.54 bits per heavy atom. The zero-order chi connectivity index (χ0) is 19.3. The molecule has 2 heterocycles. The Balaban J connectivity index is 1.23. The molecule has 5 nitrogen and oxygen atoms in total. The summed E-state index contributed by atoms with van der Waals surface area (Å²) in [7, 11) is 0. The lowest BCUT2D eigenvalue weighted by Crippen LogP contribution is -2.43. The molecule has 4 rings (SSSR count). The molecule has 2 aliphatic rings. The summed E-state index contributed by atoms with van der Waals surface area (Å²) in [5.41, 5.74) is 1.05. The van der Waals surface area contributed by atoms with Gasteiger partial charge in [-0.25, -0.2) is 4.79 Å². The van der Waals surface area contributed by atoms with Crippen LogP contribution < -0.4 is 5.32 Å². The van der Waals surface area contributed by atoms with E-state index in [1.807, 2.05) is 29.2 Å². The molecule has 0 radical (unpaired) electrons. The zero-order valence-corrected chi connectivity index (χ0v) is 17.6. The van der Waals surface area contributed by atoms with Crippen molar-refractivity contribution in [3.8, 4) is 0 Å². The smallest absolute Gasteiger partial charge is 0.317 e. The van der Waals surface area contributed by atoms with Crippen LogP contribution in [0, 0.1) is 5.92 Å². The van der Waals surface area contributed by atoms with Crippen LogP contribution in [-0.4, -0.2) is 34.2 Å². The summed E-state index contributed by atoms with van der Waals surface area (Å²) in [5.74, 6) is 1.25. The molecule has 1 aliphatic carbocycles. The van der Waals surface area contributed by atoms with Gasteiger partial charge in [0.2, 0.25) is 0 Å². The van der Waals surface area contributed by atoms with Crippen molar-refractivity contribution in [3.63, 3.8) is 0 Å². The number of hydrogen-bond donors (Lipinski definition) is 1. The van der Waals surface area contributed by atoms with E-state index in [9.17, 15) is 4.79 Å². The molecule has 1 aromatic heterocycles. The Kier molecular flexibility index (Phi) is 6.47. The Labute approximate surface area is 175 Å². The van der Waals surface area contributed by atoms with Crippen LogP contribution in [0.4, 0.5) is 4.79 Å². The number of nitrogens with zero attached hydrogens (tertiary/aromatic N) is 3. The largest absolute Gasteiger partial charge is 0.334 e. The molecule has 150 valence electrons. The van der Waals surface area contributed by atoms with Crippen LogP contribution in [0.25, 0.3) is 0 Å². The molecule has 0 bridgehead atoms. The lowest BCUT2D eigenvalue weighted by molar-refractivity contribution is 0.181. The van der Waals surface area contributed by atoms with Gasteiger partial charge in [0.1, 0.15) is 10.0 Å². The van der Waals surface area contributed by atoms with Crippen molar-refractivity contribution >= 4 is 29.0 Å². The van der Waals surface area contributed by atoms with Crippen molar-refractivity contribution < 1.29 is 4.79 Å². The summed E-state index contributed by atoms with van der Waals surface area (Å²) in [6.45, 7) is 2.07. The first-order valence-corrected chi connectivity index (χ1v) is 11.5. The van der Waals surface area contributed by atoms with Crippen LogP contribution in [-0.2, 0) is 13.0 Å². The highest BCUT2D eigenvalue weighted by Gasteiger charge is 2.26. The van der Waals surface area contributed by atoms with E-state index in [4.69, 9.17) is 11.6 Å². The standard InChI is InChI=1S/C21H27ClN4OS/c22-18-7-5-16(6-8-18)14-23-21(27)26-11-9-17(10-12-26)20-25-24-19(28-20)13-15-3-1-2-4-15/h5-8,15,17H,1-4,9-14H2,(H,23,27). The average molecular weight is 419 g/mol. The third kappa shape index (κ3) is 5.03. The molecule has 1 N–H and O–H groups in total. The first-order valence-electron chi connectivity index (χ1n) is 10.3. The molecule has 2 fully saturated rings. The van der Waals surface area contributed by atoms with Gasteiger partial charge in [-0.15, -0.1) is 21.5 Å². The fourth-order valence-corrected chi connectivity index (χ4v) is 5.45. The van der Waals surface area contributed by atoms with E-state index in [0.717, 1.165) is 48.8 Å². The highest BCUT2D eigenvalue weighted by molar-refractivity contribution is 7.11. The minimum Gasteiger partial charge on any atom is -0.334 e. The summed E-state index contributed by atoms with van der Waals surface area (Å²) in [4.78, 5) is 14.4. The highest BCUT2D eigenvalue weighted by atomic mass is 35.5. The molecule has 1 aliphatic heterocycles. The monoisotopic (exact) mass is 418 g/mol. The number of piperidine rings is 1. The number of carbonyl (C=O) groups excluding carboxylic acids is 1. The van der Waals surface area contributed by atoms with Gasteiger partial charge in [0.05, 0.1) is 0 Å². The predicted molar refractivity (Wildman–Crippen MR) is 113 cm³/mol. The van der Waals surface area contributed by atoms with Gasteiger partial charge in [-0.3, -0.25) is 0 Å². The number of benzene rings is 1. The van der Waals surface area contributed by atoms with Gasteiger partial charge in [-0.05, 0) is 36.5 Å². The van der Waals surface area contributed by atoms with E-state index in [1.165, 1.54) is 30.7 Å². The van der Waals surface area contributed by atoms with Crippen LogP contribution in [0.5, 0.6) is 0 Å². The molecule has 7 heteroatoms. The summed E-state index contributed by atoms with van der Waals surface area (Å²) >= 11 is 7.69. The molecule has 28 heavy (non-hydrogen) atoms. The molecule has 1 aromatic carbocycles. The quantitative estimate of drug-likeness (QED) is 0.742. The number of hydrogen-bond acceptors (Lipinski definition) is 4. The summed E-state index contributed by atoms with van der Waals surface area (Å²) in [6.07, 6.45) is 8.46. The Bertz CT molecular complexity index is 780. The topological polar surface area (TPSA) is 58.1 Å². The SMILES string of the molecule is O=C(NCc1ccc(Cl)cc1)N1CCC(c2nnc(CC3CCCC3)s2)CC1. The van der Waals surface area contributed by atoms with Crippen LogP contribution in [0.2, 0.25) is 5.02 Å². The average Bonchev–Trinajstić information content (AvgIpc) is 3.40. The molecule has 2 aromatic rings. The van der Waals surface area contributed by atoms with Crippen molar-refractivity contribution in [2.75, 3.05) is 13.1 Å². The highest BCUT2D eigenvalue weighted by Crippen LogP contribution is 2.33. The Morgan fingerprint density at radius 2 is 1.82 bits per heavy atom. The number of aromatic nitrogens is 2. The Morgan fingerprint density at radius 1 is 1.11 bits per heavy atom. The number of likely N-dealkylation sites (tertiary alicyclic amines) is 1. The number of rotatable bonds is 5. The number of nitrogens with one attached hydrogen (secondary N) is 1. The zero-order valence-electron chi connectivity index (χ0n) is 16.1. The van der Waals surface area contributed by atoms with Gasteiger partial charge in [-0.2, -0.15) is 0 Å². The Hall–Kier alpha value is -1.66. The first-order chi connectivity index (χ1) is 13.7. The van der Waals surface area contributed by atoms with Gasteiger partial charge in [0.15, 0.2) is 0 Å². The fraction of sp³-hybridized carbons (Fsp3) is 0.571. The number of amides is 2. The van der Waals surface area contributed by atoms with Gasteiger partial charge in [0.25, 0.3) is 0 Å². The van der Waals surface area contributed by atoms with E-state index in [2.05, 4.69) is 15.5 Å². The second-order valence-electron chi connectivity index (χ2n) is 7.94. The van der Waals surface area contributed by atoms with E-state index in [0.29, 0.717) is 17.5 Å². The van der Waals surface area contributed by atoms with Crippen molar-refractivity contribution in [1.29, 1.82) is 0 Å². The second-order valence-corrected chi connectivity index (χ2v) is 9.47. The van der Waals surface area contributed by atoms with E-state index >= 15 is 0 Å². The molecule has 1 saturated heterocycles. The van der Waals surface area contributed by atoms with E-state index in [1.54, 1.807) is 11.3 Å². The van der Waals surface area contributed by atoms with E-state index in [-0.39, 0.29) is 6.03 Å². The minimum absolute atomic E-state index is 0.00702. The maximum atomic E-state index is 12.4. The van der Waals surface area contributed by atoms with Crippen LogP contribution in [0.3, 0.4) is 0 Å². The third-order valence-corrected chi connectivity index (χ3v) is 7.27. The summed E-state index contributed by atoms with van der Waals surface area (Å²) in [6, 6.07) is 7.57. The lowest BCUT2D eigenvalue weighted by atomic mass is 9.98.